The number of aliphatic hydroxyl groups is 1. The number of rotatable bonds is 9. The van der Waals surface area contributed by atoms with Crippen LogP contribution in [0.25, 0.3) is 0 Å². The number of guanidine groups is 1. The van der Waals surface area contributed by atoms with Gasteiger partial charge in [0, 0.05) is 24.2 Å². The molecule has 0 bridgehead atoms. The molecular formula is C19H25F3N4O2S. The van der Waals surface area contributed by atoms with Gasteiger partial charge in [0.05, 0.1) is 12.1 Å². The second-order valence-corrected chi connectivity index (χ2v) is 7.34. The molecule has 1 aromatic carbocycles. The van der Waals surface area contributed by atoms with Crippen LogP contribution in [0.2, 0.25) is 0 Å². The van der Waals surface area contributed by atoms with E-state index in [1.165, 1.54) is 17.0 Å². The predicted molar refractivity (Wildman–Crippen MR) is 107 cm³/mol. The van der Waals surface area contributed by atoms with Gasteiger partial charge in [-0.15, -0.1) is 11.3 Å². The van der Waals surface area contributed by atoms with E-state index in [1.807, 2.05) is 13.1 Å². The fourth-order valence-electron chi connectivity index (χ4n) is 2.30. The number of thiazole rings is 1. The summed E-state index contributed by atoms with van der Waals surface area (Å²) in [6.07, 6.45) is -2.60. The summed E-state index contributed by atoms with van der Waals surface area (Å²) in [4.78, 5) is 9.92. The minimum atomic E-state index is -4.44. The Labute approximate surface area is 171 Å². The van der Waals surface area contributed by atoms with Gasteiger partial charge in [-0.1, -0.05) is 13.0 Å². The molecule has 1 unspecified atom stereocenters. The van der Waals surface area contributed by atoms with Gasteiger partial charge in [-0.2, -0.15) is 13.2 Å². The van der Waals surface area contributed by atoms with Crippen molar-refractivity contribution < 1.29 is 23.0 Å². The lowest BCUT2D eigenvalue weighted by molar-refractivity contribution is -0.137. The molecule has 29 heavy (non-hydrogen) atoms. The Hall–Kier alpha value is -2.33. The molecule has 3 N–H and O–H groups in total. The second-order valence-electron chi connectivity index (χ2n) is 6.14. The number of aliphatic imine (C=N–C) groups is 1. The van der Waals surface area contributed by atoms with Crippen LogP contribution in [0, 0.1) is 0 Å². The molecule has 0 amide bonds. The summed E-state index contributed by atoms with van der Waals surface area (Å²) in [7, 11) is 0. The van der Waals surface area contributed by atoms with Gasteiger partial charge in [0.15, 0.2) is 5.96 Å². The highest BCUT2D eigenvalue weighted by Crippen LogP contribution is 2.31. The van der Waals surface area contributed by atoms with E-state index in [9.17, 15) is 18.3 Å². The lowest BCUT2D eigenvalue weighted by atomic mass is 10.2. The van der Waals surface area contributed by atoms with Crippen LogP contribution in [0.1, 0.15) is 29.3 Å². The van der Waals surface area contributed by atoms with E-state index in [0.717, 1.165) is 23.6 Å². The summed E-state index contributed by atoms with van der Waals surface area (Å²) < 4.78 is 43.5. The maximum absolute atomic E-state index is 12.7. The largest absolute Gasteiger partial charge is 0.491 e. The number of aryl methyl sites for hydroxylation is 1. The Kier molecular flexibility index (Phi) is 8.71. The Balaban J connectivity index is 1.83. The Morgan fingerprint density at radius 2 is 2.10 bits per heavy atom. The predicted octanol–water partition coefficient (Wildman–Crippen LogP) is 3.22. The molecular weight excluding hydrogens is 405 g/mol. The lowest BCUT2D eigenvalue weighted by Gasteiger charge is -2.16. The van der Waals surface area contributed by atoms with Crippen LogP contribution in [0.5, 0.6) is 5.75 Å². The number of ether oxygens (including phenoxy) is 1. The molecule has 0 aliphatic heterocycles. The van der Waals surface area contributed by atoms with Crippen LogP contribution >= 0.6 is 11.3 Å². The van der Waals surface area contributed by atoms with Gasteiger partial charge in [-0.05, 0) is 31.5 Å². The number of hydrogen-bond acceptors (Lipinski definition) is 5. The number of nitrogens with zero attached hydrogens (tertiary/aromatic N) is 2. The van der Waals surface area contributed by atoms with Gasteiger partial charge in [0.25, 0.3) is 0 Å². The van der Waals surface area contributed by atoms with Crippen molar-refractivity contribution in [2.75, 3.05) is 19.7 Å². The van der Waals surface area contributed by atoms with Crippen molar-refractivity contribution in [3.05, 3.63) is 45.9 Å². The molecule has 1 atom stereocenters. The third kappa shape index (κ3) is 7.90. The number of benzene rings is 1. The molecule has 2 rings (SSSR count). The first-order chi connectivity index (χ1) is 13.8. The molecule has 0 spiro atoms. The van der Waals surface area contributed by atoms with Crippen molar-refractivity contribution in [1.29, 1.82) is 0 Å². The summed E-state index contributed by atoms with van der Waals surface area (Å²) in [5.41, 5.74) is -0.794. The van der Waals surface area contributed by atoms with Crippen LogP contribution in [-0.4, -0.2) is 41.9 Å². The molecule has 0 saturated heterocycles. The average Bonchev–Trinajstić information content (AvgIpc) is 3.16. The first kappa shape index (κ1) is 23.0. The standard InChI is InChI=1S/C19H25F3N4O2S/c1-3-16-10-24-17(29-16)11-26-18(23-4-2)25-9-14(27)12-28-15-7-5-6-13(8-15)19(20,21)22/h5-8,10,14,27H,3-4,9,11-12H2,1-2H3,(H2,23,25,26). The van der Waals surface area contributed by atoms with Crippen molar-refractivity contribution in [3.63, 3.8) is 0 Å². The van der Waals surface area contributed by atoms with Gasteiger partial charge in [0.2, 0.25) is 0 Å². The maximum atomic E-state index is 12.7. The molecule has 0 fully saturated rings. The summed E-state index contributed by atoms with van der Waals surface area (Å²) in [6.45, 7) is 5.01. The highest BCUT2D eigenvalue weighted by Gasteiger charge is 2.30. The summed E-state index contributed by atoms with van der Waals surface area (Å²) in [5, 5.41) is 17.0. The van der Waals surface area contributed by atoms with E-state index in [0.29, 0.717) is 19.0 Å². The minimum Gasteiger partial charge on any atom is -0.491 e. The monoisotopic (exact) mass is 430 g/mol. The van der Waals surface area contributed by atoms with Crippen molar-refractivity contribution in [1.82, 2.24) is 15.6 Å². The van der Waals surface area contributed by atoms with Crippen LogP contribution in [0.4, 0.5) is 13.2 Å². The zero-order valence-corrected chi connectivity index (χ0v) is 17.1. The SMILES string of the molecule is CCNC(=NCc1ncc(CC)s1)NCC(O)COc1cccc(C(F)(F)F)c1. The molecule has 6 nitrogen and oxygen atoms in total. The topological polar surface area (TPSA) is 78.8 Å². The molecule has 1 heterocycles. The molecule has 0 aliphatic rings. The van der Waals surface area contributed by atoms with Crippen molar-refractivity contribution >= 4 is 17.3 Å². The van der Waals surface area contributed by atoms with Gasteiger partial charge in [-0.3, -0.25) is 0 Å². The fraction of sp³-hybridized carbons (Fsp3) is 0.474. The van der Waals surface area contributed by atoms with E-state index in [4.69, 9.17) is 4.74 Å². The minimum absolute atomic E-state index is 0.0509. The molecule has 160 valence electrons. The van der Waals surface area contributed by atoms with E-state index in [2.05, 4.69) is 27.5 Å². The van der Waals surface area contributed by atoms with Gasteiger partial charge in [0.1, 0.15) is 23.5 Å². The normalized spacial score (nSPS) is 13.2. The third-order valence-electron chi connectivity index (χ3n) is 3.78. The number of halogens is 3. The summed E-state index contributed by atoms with van der Waals surface area (Å²) in [6, 6.07) is 4.56. The fourth-order valence-corrected chi connectivity index (χ4v) is 3.09. The number of alkyl halides is 3. The average molecular weight is 430 g/mol. The Morgan fingerprint density at radius 1 is 1.31 bits per heavy atom. The zero-order valence-electron chi connectivity index (χ0n) is 16.3. The Morgan fingerprint density at radius 3 is 2.76 bits per heavy atom. The molecule has 2 aromatic rings. The van der Waals surface area contributed by atoms with Gasteiger partial charge in [-0.25, -0.2) is 9.98 Å². The summed E-state index contributed by atoms with van der Waals surface area (Å²) >= 11 is 1.60. The quantitative estimate of drug-likeness (QED) is 0.421. The van der Waals surface area contributed by atoms with E-state index >= 15 is 0 Å². The maximum Gasteiger partial charge on any atom is 0.416 e. The van der Waals surface area contributed by atoms with Gasteiger partial charge < -0.3 is 20.5 Å². The summed E-state index contributed by atoms with van der Waals surface area (Å²) in [5.74, 6) is 0.564. The molecule has 0 aliphatic carbocycles. The smallest absolute Gasteiger partial charge is 0.416 e. The highest BCUT2D eigenvalue weighted by molar-refractivity contribution is 7.11. The highest BCUT2D eigenvalue weighted by atomic mass is 32.1. The molecule has 0 radical (unpaired) electrons. The zero-order chi connectivity index (χ0) is 21.3. The molecule has 0 saturated carbocycles. The number of aliphatic hydroxyl groups excluding tert-OH is 1. The second kappa shape index (κ2) is 11.0. The van der Waals surface area contributed by atoms with Crippen molar-refractivity contribution in [3.8, 4) is 5.75 Å². The van der Waals surface area contributed by atoms with E-state index in [-0.39, 0.29) is 18.9 Å². The van der Waals surface area contributed by atoms with Crippen LogP contribution in [0.3, 0.4) is 0 Å². The first-order valence-corrected chi connectivity index (χ1v) is 10.1. The van der Waals surface area contributed by atoms with Crippen LogP contribution in [0.15, 0.2) is 35.5 Å². The van der Waals surface area contributed by atoms with E-state index < -0.39 is 17.8 Å². The number of nitrogens with one attached hydrogen (secondary N) is 2. The van der Waals surface area contributed by atoms with Crippen molar-refractivity contribution in [2.45, 2.75) is 39.1 Å². The van der Waals surface area contributed by atoms with Gasteiger partial charge >= 0.3 is 6.18 Å². The van der Waals surface area contributed by atoms with Crippen LogP contribution in [-0.2, 0) is 19.1 Å². The third-order valence-corrected chi connectivity index (χ3v) is 4.90. The molecule has 10 heteroatoms. The Bertz CT molecular complexity index is 796. The first-order valence-electron chi connectivity index (χ1n) is 9.25. The molecule has 1 aromatic heterocycles. The van der Waals surface area contributed by atoms with Crippen molar-refractivity contribution in [2.24, 2.45) is 4.99 Å². The number of aromatic nitrogens is 1. The van der Waals surface area contributed by atoms with Crippen LogP contribution < -0.4 is 15.4 Å². The number of hydrogen-bond donors (Lipinski definition) is 3. The lowest BCUT2D eigenvalue weighted by Crippen LogP contribution is -2.42. The van der Waals surface area contributed by atoms with E-state index in [1.54, 1.807) is 11.3 Å².